The number of hydrogen-bond acceptors (Lipinski definition) is 3. The number of aryl methyl sites for hydroxylation is 1. The molecule has 0 aromatic carbocycles. The van der Waals surface area contributed by atoms with Crippen molar-refractivity contribution >= 4 is 41.3 Å². The minimum Gasteiger partial charge on any atom is -0.357 e. The molecule has 0 amide bonds. The molecule has 0 unspecified atom stereocenters. The number of unbranched alkanes of at least 4 members (excludes halogenated alkanes) is 2. The molecule has 4 nitrogen and oxygen atoms in total. The molecule has 1 rings (SSSR count). The van der Waals surface area contributed by atoms with Gasteiger partial charge in [-0.15, -0.1) is 35.3 Å². The van der Waals surface area contributed by atoms with E-state index in [1.165, 1.54) is 29.1 Å². The highest BCUT2D eigenvalue weighted by Gasteiger charge is 2.00. The molecule has 0 aliphatic heterocycles. The Kier molecular flexibility index (Phi) is 12.1. The minimum atomic E-state index is 0. The molecule has 116 valence electrons. The highest BCUT2D eigenvalue weighted by atomic mass is 127. The molecule has 0 aliphatic rings. The molecule has 0 spiro atoms. The van der Waals surface area contributed by atoms with Crippen molar-refractivity contribution in [2.24, 2.45) is 4.99 Å². The van der Waals surface area contributed by atoms with Crippen molar-refractivity contribution in [2.45, 2.75) is 46.5 Å². The topological polar surface area (TPSA) is 49.3 Å². The van der Waals surface area contributed by atoms with E-state index in [0.29, 0.717) is 0 Å². The fourth-order valence-electron chi connectivity index (χ4n) is 1.70. The van der Waals surface area contributed by atoms with Gasteiger partial charge in [-0.1, -0.05) is 19.8 Å². The van der Waals surface area contributed by atoms with E-state index >= 15 is 0 Å². The zero-order chi connectivity index (χ0) is 13.9. The Labute approximate surface area is 143 Å². The third kappa shape index (κ3) is 8.73. The van der Waals surface area contributed by atoms with Gasteiger partial charge in [-0.3, -0.25) is 4.99 Å². The number of aliphatic imine (C=N–C) groups is 1. The molecule has 0 radical (unpaired) electrons. The molecule has 1 aromatic rings. The summed E-state index contributed by atoms with van der Waals surface area (Å²) in [6, 6.07) is 0. The summed E-state index contributed by atoms with van der Waals surface area (Å²) in [5.74, 6) is 0.923. The first-order chi connectivity index (χ1) is 9.26. The third-order valence-corrected chi connectivity index (χ3v) is 3.65. The second-order valence-electron chi connectivity index (χ2n) is 4.51. The standard InChI is InChI=1S/C14H26N4S.HI/c1-4-6-7-9-16-14(15-5-2)17-10-8-13-18-11-12(3)19-13;/h11H,4-10H2,1-3H3,(H2,15,16,17);1H. The molecular formula is C14H27IN4S. The molecule has 1 heterocycles. The van der Waals surface area contributed by atoms with Crippen LogP contribution in [-0.4, -0.2) is 30.6 Å². The molecule has 6 heteroatoms. The number of halogens is 1. The Balaban J connectivity index is 0.00000361. The molecule has 0 fully saturated rings. The second kappa shape index (κ2) is 12.4. The van der Waals surface area contributed by atoms with Gasteiger partial charge in [0.2, 0.25) is 0 Å². The van der Waals surface area contributed by atoms with Crippen LogP contribution >= 0.6 is 35.3 Å². The molecule has 0 atom stereocenters. The molecule has 20 heavy (non-hydrogen) atoms. The first kappa shape index (κ1) is 19.6. The Morgan fingerprint density at radius 2 is 2.10 bits per heavy atom. The number of guanidine groups is 1. The molecule has 0 saturated heterocycles. The van der Waals surface area contributed by atoms with Crippen LogP contribution < -0.4 is 10.6 Å². The van der Waals surface area contributed by atoms with Crippen LogP contribution in [0.15, 0.2) is 11.2 Å². The van der Waals surface area contributed by atoms with Gasteiger partial charge in [0.1, 0.15) is 0 Å². The van der Waals surface area contributed by atoms with Gasteiger partial charge in [-0.05, 0) is 20.3 Å². The fraction of sp³-hybridized carbons (Fsp3) is 0.714. The number of aromatic nitrogens is 1. The Hall–Kier alpha value is -0.370. The highest BCUT2D eigenvalue weighted by molar-refractivity contribution is 14.0. The molecule has 0 saturated carbocycles. The summed E-state index contributed by atoms with van der Waals surface area (Å²) in [7, 11) is 0. The van der Waals surface area contributed by atoms with Crippen LogP contribution in [0.4, 0.5) is 0 Å². The quantitative estimate of drug-likeness (QED) is 0.299. The van der Waals surface area contributed by atoms with E-state index in [9.17, 15) is 0 Å². The number of thiazole rings is 1. The zero-order valence-electron chi connectivity index (χ0n) is 12.7. The van der Waals surface area contributed by atoms with Crippen molar-refractivity contribution in [2.75, 3.05) is 19.6 Å². The lowest BCUT2D eigenvalue weighted by atomic mass is 10.2. The van der Waals surface area contributed by atoms with Gasteiger partial charge in [-0.2, -0.15) is 0 Å². The van der Waals surface area contributed by atoms with Crippen LogP contribution in [0.2, 0.25) is 0 Å². The Morgan fingerprint density at radius 3 is 2.70 bits per heavy atom. The number of rotatable bonds is 8. The van der Waals surface area contributed by atoms with Crippen LogP contribution in [0.5, 0.6) is 0 Å². The average Bonchev–Trinajstić information content (AvgIpc) is 2.80. The van der Waals surface area contributed by atoms with Crippen LogP contribution in [0.3, 0.4) is 0 Å². The largest absolute Gasteiger partial charge is 0.357 e. The van der Waals surface area contributed by atoms with Gasteiger partial charge in [-0.25, -0.2) is 4.98 Å². The van der Waals surface area contributed by atoms with Crippen molar-refractivity contribution in [1.82, 2.24) is 15.6 Å². The predicted octanol–water partition coefficient (Wildman–Crippen LogP) is 3.36. The first-order valence-electron chi connectivity index (χ1n) is 7.19. The van der Waals surface area contributed by atoms with Gasteiger partial charge >= 0.3 is 0 Å². The van der Waals surface area contributed by atoms with Crippen LogP contribution in [0, 0.1) is 6.92 Å². The normalized spacial score (nSPS) is 11.1. The SMILES string of the molecule is CCCCCN=C(NCC)NCCc1ncc(C)s1.I. The van der Waals surface area contributed by atoms with Gasteiger partial charge < -0.3 is 10.6 Å². The van der Waals surface area contributed by atoms with E-state index in [0.717, 1.165) is 32.0 Å². The lowest BCUT2D eigenvalue weighted by Crippen LogP contribution is -2.38. The number of hydrogen-bond donors (Lipinski definition) is 2. The third-order valence-electron chi connectivity index (χ3n) is 2.68. The molecule has 0 aliphatic carbocycles. The summed E-state index contributed by atoms with van der Waals surface area (Å²) in [5.41, 5.74) is 0. The molecule has 2 N–H and O–H groups in total. The molecular weight excluding hydrogens is 383 g/mol. The van der Waals surface area contributed by atoms with E-state index in [2.05, 4.69) is 41.4 Å². The second-order valence-corrected chi connectivity index (χ2v) is 5.83. The summed E-state index contributed by atoms with van der Waals surface area (Å²) in [5, 5.41) is 7.82. The summed E-state index contributed by atoms with van der Waals surface area (Å²) in [4.78, 5) is 10.2. The van der Waals surface area contributed by atoms with Crippen LogP contribution in [0.1, 0.15) is 43.0 Å². The lowest BCUT2D eigenvalue weighted by molar-refractivity contribution is 0.716. The van der Waals surface area contributed by atoms with E-state index in [4.69, 9.17) is 0 Å². The van der Waals surface area contributed by atoms with Gasteiger partial charge in [0.25, 0.3) is 0 Å². The summed E-state index contributed by atoms with van der Waals surface area (Å²) in [6.07, 6.45) is 6.55. The monoisotopic (exact) mass is 410 g/mol. The van der Waals surface area contributed by atoms with Gasteiger partial charge in [0.15, 0.2) is 5.96 Å². The molecule has 0 bridgehead atoms. The maximum absolute atomic E-state index is 4.56. The van der Waals surface area contributed by atoms with E-state index < -0.39 is 0 Å². The maximum Gasteiger partial charge on any atom is 0.191 e. The maximum atomic E-state index is 4.56. The predicted molar refractivity (Wildman–Crippen MR) is 99.5 cm³/mol. The van der Waals surface area contributed by atoms with Crippen molar-refractivity contribution in [3.05, 3.63) is 16.1 Å². The summed E-state index contributed by atoms with van der Waals surface area (Å²) in [6.45, 7) is 9.08. The van der Waals surface area contributed by atoms with Crippen LogP contribution in [-0.2, 0) is 6.42 Å². The van der Waals surface area contributed by atoms with Crippen LogP contribution in [0.25, 0.3) is 0 Å². The molecule has 1 aromatic heterocycles. The smallest absolute Gasteiger partial charge is 0.191 e. The number of nitrogens with zero attached hydrogens (tertiary/aromatic N) is 2. The van der Waals surface area contributed by atoms with Crippen molar-refractivity contribution in [3.63, 3.8) is 0 Å². The van der Waals surface area contributed by atoms with Crippen molar-refractivity contribution < 1.29 is 0 Å². The van der Waals surface area contributed by atoms with Crippen molar-refractivity contribution in [1.29, 1.82) is 0 Å². The summed E-state index contributed by atoms with van der Waals surface area (Å²) < 4.78 is 0. The van der Waals surface area contributed by atoms with E-state index in [1.807, 2.05) is 6.20 Å². The highest BCUT2D eigenvalue weighted by Crippen LogP contribution is 2.10. The number of nitrogens with one attached hydrogen (secondary N) is 2. The Bertz CT molecular complexity index is 379. The lowest BCUT2D eigenvalue weighted by Gasteiger charge is -2.10. The first-order valence-corrected chi connectivity index (χ1v) is 8.01. The fourth-order valence-corrected chi connectivity index (χ4v) is 2.49. The Morgan fingerprint density at radius 1 is 1.30 bits per heavy atom. The van der Waals surface area contributed by atoms with Gasteiger partial charge in [0, 0.05) is 37.1 Å². The van der Waals surface area contributed by atoms with Gasteiger partial charge in [0.05, 0.1) is 5.01 Å². The summed E-state index contributed by atoms with van der Waals surface area (Å²) >= 11 is 1.77. The average molecular weight is 410 g/mol. The van der Waals surface area contributed by atoms with E-state index in [-0.39, 0.29) is 24.0 Å². The zero-order valence-corrected chi connectivity index (χ0v) is 15.9. The van der Waals surface area contributed by atoms with E-state index in [1.54, 1.807) is 11.3 Å². The van der Waals surface area contributed by atoms with Crippen molar-refractivity contribution in [3.8, 4) is 0 Å². The minimum absolute atomic E-state index is 0.